The predicted octanol–water partition coefficient (Wildman–Crippen LogP) is 3.46. The minimum absolute atomic E-state index is 0.187. The van der Waals surface area contributed by atoms with Crippen LogP contribution in [0.25, 0.3) is 0 Å². The molecule has 33 heavy (non-hydrogen) atoms. The van der Waals surface area contributed by atoms with Crippen LogP contribution >= 0.6 is 0 Å². The molecule has 3 aromatic rings. The molecule has 0 bridgehead atoms. The number of rotatable bonds is 6. The van der Waals surface area contributed by atoms with Gasteiger partial charge in [-0.05, 0) is 23.3 Å². The number of para-hydroxylation sites is 1. The lowest BCUT2D eigenvalue weighted by Gasteiger charge is -2.37. The molecule has 0 unspecified atom stereocenters. The summed E-state index contributed by atoms with van der Waals surface area (Å²) >= 11 is 0. The molecule has 6 nitrogen and oxygen atoms in total. The van der Waals surface area contributed by atoms with Crippen LogP contribution in [0.4, 0.5) is 10.5 Å². The van der Waals surface area contributed by atoms with Crippen LogP contribution < -0.4 is 10.2 Å². The molecule has 1 atom stereocenters. The highest BCUT2D eigenvalue weighted by molar-refractivity contribution is 6.07. The molecule has 5 rings (SSSR count). The van der Waals surface area contributed by atoms with Crippen molar-refractivity contribution in [2.24, 2.45) is 0 Å². The number of nitrogens with zero attached hydrogens (tertiary/aromatic N) is 3. The Morgan fingerprint density at radius 2 is 1.30 bits per heavy atom. The quantitative estimate of drug-likeness (QED) is 0.597. The van der Waals surface area contributed by atoms with Gasteiger partial charge in [-0.2, -0.15) is 0 Å². The fourth-order valence-electron chi connectivity index (χ4n) is 4.78. The molecule has 2 heterocycles. The first-order valence-corrected chi connectivity index (χ1v) is 11.4. The number of carbonyl (C=O) groups is 2. The summed E-state index contributed by atoms with van der Waals surface area (Å²) in [7, 11) is 0. The third-order valence-corrected chi connectivity index (χ3v) is 6.59. The number of benzene rings is 3. The summed E-state index contributed by atoms with van der Waals surface area (Å²) in [6.07, 6.45) is 0.417. The Kier molecular flexibility index (Phi) is 5.84. The minimum atomic E-state index is -1.09. The second-order valence-electron chi connectivity index (χ2n) is 8.68. The van der Waals surface area contributed by atoms with Crippen molar-refractivity contribution < 1.29 is 9.59 Å². The van der Waals surface area contributed by atoms with E-state index in [9.17, 15) is 9.59 Å². The summed E-state index contributed by atoms with van der Waals surface area (Å²) < 4.78 is 0. The van der Waals surface area contributed by atoms with Crippen molar-refractivity contribution in [2.75, 3.05) is 37.7 Å². The van der Waals surface area contributed by atoms with Crippen molar-refractivity contribution in [1.82, 2.24) is 15.1 Å². The highest BCUT2D eigenvalue weighted by atomic mass is 16.2. The van der Waals surface area contributed by atoms with E-state index in [-0.39, 0.29) is 11.9 Å². The lowest BCUT2D eigenvalue weighted by atomic mass is 9.83. The first kappa shape index (κ1) is 21.2. The van der Waals surface area contributed by atoms with Gasteiger partial charge in [0.15, 0.2) is 5.54 Å². The number of amides is 3. The monoisotopic (exact) mass is 440 g/mol. The van der Waals surface area contributed by atoms with E-state index in [0.717, 1.165) is 37.3 Å². The third kappa shape index (κ3) is 4.22. The molecule has 3 aromatic carbocycles. The van der Waals surface area contributed by atoms with Crippen molar-refractivity contribution in [3.05, 3.63) is 102 Å². The fraction of sp³-hybridized carbons (Fsp3) is 0.259. The van der Waals surface area contributed by atoms with E-state index in [0.29, 0.717) is 13.1 Å². The predicted molar refractivity (Wildman–Crippen MR) is 129 cm³/mol. The lowest BCUT2D eigenvalue weighted by Crippen LogP contribution is -2.52. The van der Waals surface area contributed by atoms with E-state index < -0.39 is 5.54 Å². The number of hydrogen-bond acceptors (Lipinski definition) is 4. The number of anilines is 1. The maximum absolute atomic E-state index is 13.8. The van der Waals surface area contributed by atoms with Crippen LogP contribution in [0.1, 0.15) is 11.1 Å². The molecule has 2 aliphatic rings. The van der Waals surface area contributed by atoms with Gasteiger partial charge >= 0.3 is 6.03 Å². The summed E-state index contributed by atoms with van der Waals surface area (Å²) in [6, 6.07) is 29.5. The lowest BCUT2D eigenvalue weighted by molar-refractivity contribution is -0.133. The normalized spacial score (nSPS) is 21.3. The average molecular weight is 441 g/mol. The van der Waals surface area contributed by atoms with Gasteiger partial charge in [0.25, 0.3) is 5.91 Å². The molecule has 1 N–H and O–H groups in total. The molecule has 0 aliphatic carbocycles. The van der Waals surface area contributed by atoms with Crippen molar-refractivity contribution in [3.63, 3.8) is 0 Å². The van der Waals surface area contributed by atoms with Gasteiger partial charge in [-0.1, -0.05) is 78.9 Å². The Morgan fingerprint density at radius 3 is 1.94 bits per heavy atom. The molecular formula is C27H28N4O2. The van der Waals surface area contributed by atoms with Crippen LogP contribution in [0.2, 0.25) is 0 Å². The van der Waals surface area contributed by atoms with Crippen LogP contribution in [0.15, 0.2) is 91.0 Å². The zero-order valence-corrected chi connectivity index (χ0v) is 18.6. The van der Waals surface area contributed by atoms with Gasteiger partial charge in [-0.25, -0.2) is 9.69 Å². The summed E-state index contributed by atoms with van der Waals surface area (Å²) in [5, 5.41) is 3.06. The second kappa shape index (κ2) is 9.08. The van der Waals surface area contributed by atoms with E-state index in [2.05, 4.69) is 27.2 Å². The molecule has 0 spiro atoms. The SMILES string of the molecule is O=C1N[C@@](Cc2ccccc2)(c2ccccc2)C(=O)N1CN1CCN(c2ccccc2)CC1. The summed E-state index contributed by atoms with van der Waals surface area (Å²) in [6.45, 7) is 3.62. The smallest absolute Gasteiger partial charge is 0.326 e. The van der Waals surface area contributed by atoms with Crippen molar-refractivity contribution in [3.8, 4) is 0 Å². The molecule has 0 aromatic heterocycles. The van der Waals surface area contributed by atoms with E-state index in [4.69, 9.17) is 0 Å². The van der Waals surface area contributed by atoms with Crippen molar-refractivity contribution in [2.45, 2.75) is 12.0 Å². The summed E-state index contributed by atoms with van der Waals surface area (Å²) in [5.41, 5.74) is 1.93. The first-order valence-electron chi connectivity index (χ1n) is 11.4. The zero-order valence-electron chi connectivity index (χ0n) is 18.6. The van der Waals surface area contributed by atoms with Gasteiger partial charge in [0.2, 0.25) is 0 Å². The third-order valence-electron chi connectivity index (χ3n) is 6.59. The fourth-order valence-corrected chi connectivity index (χ4v) is 4.78. The van der Waals surface area contributed by atoms with Crippen LogP contribution in [-0.4, -0.2) is 54.6 Å². The Bertz CT molecular complexity index is 1100. The van der Waals surface area contributed by atoms with Gasteiger partial charge in [0, 0.05) is 38.3 Å². The molecule has 0 saturated carbocycles. The minimum Gasteiger partial charge on any atom is -0.369 e. The molecule has 2 fully saturated rings. The average Bonchev–Trinajstić information content (AvgIpc) is 3.11. The van der Waals surface area contributed by atoms with Gasteiger partial charge < -0.3 is 10.2 Å². The Labute approximate surface area is 194 Å². The number of imide groups is 1. The molecule has 2 aliphatic heterocycles. The maximum Gasteiger partial charge on any atom is 0.326 e. The van der Waals surface area contributed by atoms with Gasteiger partial charge in [-0.15, -0.1) is 0 Å². The van der Waals surface area contributed by atoms with Gasteiger partial charge in [0.05, 0.1) is 6.67 Å². The van der Waals surface area contributed by atoms with Gasteiger partial charge in [0.1, 0.15) is 0 Å². The van der Waals surface area contributed by atoms with E-state index in [1.54, 1.807) is 0 Å². The molecular weight excluding hydrogens is 412 g/mol. The molecule has 6 heteroatoms. The number of carbonyl (C=O) groups excluding carboxylic acids is 2. The number of urea groups is 1. The van der Waals surface area contributed by atoms with Crippen molar-refractivity contribution >= 4 is 17.6 Å². The van der Waals surface area contributed by atoms with Crippen LogP contribution in [0, 0.1) is 0 Å². The van der Waals surface area contributed by atoms with Crippen molar-refractivity contribution in [1.29, 1.82) is 0 Å². The number of hydrogen-bond donors (Lipinski definition) is 1. The van der Waals surface area contributed by atoms with Crippen LogP contribution in [0.5, 0.6) is 0 Å². The molecule has 0 radical (unpaired) electrons. The topological polar surface area (TPSA) is 55.9 Å². The molecule has 3 amide bonds. The highest BCUT2D eigenvalue weighted by Crippen LogP contribution is 2.33. The first-order chi connectivity index (χ1) is 16.2. The van der Waals surface area contributed by atoms with E-state index in [1.807, 2.05) is 78.9 Å². The van der Waals surface area contributed by atoms with E-state index in [1.165, 1.54) is 10.6 Å². The van der Waals surface area contributed by atoms with Gasteiger partial charge in [-0.3, -0.25) is 9.69 Å². The summed E-state index contributed by atoms with van der Waals surface area (Å²) in [4.78, 5) is 32.8. The van der Waals surface area contributed by atoms with Crippen LogP contribution in [0.3, 0.4) is 0 Å². The molecule has 168 valence electrons. The standard InChI is InChI=1S/C27H28N4O2/c32-25-27(23-12-6-2-7-13-23,20-22-10-4-1-5-11-22)28-26(33)31(25)21-29-16-18-30(19-17-29)24-14-8-3-9-15-24/h1-15H,16-21H2,(H,28,33)/t27-/m0/s1. The Morgan fingerprint density at radius 1 is 0.727 bits per heavy atom. The van der Waals surface area contributed by atoms with E-state index >= 15 is 0 Å². The summed E-state index contributed by atoms with van der Waals surface area (Å²) in [5.74, 6) is -0.187. The highest BCUT2D eigenvalue weighted by Gasteiger charge is 2.52. The second-order valence-corrected chi connectivity index (χ2v) is 8.68. The number of piperazine rings is 1. The zero-order chi connectivity index (χ0) is 22.7. The van der Waals surface area contributed by atoms with Crippen LogP contribution in [-0.2, 0) is 16.8 Å². The molecule has 2 saturated heterocycles. The largest absolute Gasteiger partial charge is 0.369 e. The Hall–Kier alpha value is -3.64. The number of nitrogens with one attached hydrogen (secondary N) is 1. The maximum atomic E-state index is 13.8. The Balaban J connectivity index is 1.33.